The third kappa shape index (κ3) is 5.42. The lowest BCUT2D eigenvalue weighted by atomic mass is 9.90. The van der Waals surface area contributed by atoms with E-state index in [2.05, 4.69) is 51.8 Å². The number of benzene rings is 3. The van der Waals surface area contributed by atoms with Gasteiger partial charge in [-0.3, -0.25) is 0 Å². The van der Waals surface area contributed by atoms with Crippen molar-refractivity contribution in [3.63, 3.8) is 0 Å². The molecule has 4 nitrogen and oxygen atoms in total. The van der Waals surface area contributed by atoms with Crippen LogP contribution in [0.15, 0.2) is 71.6 Å². The fraction of sp³-hybridized carbons (Fsp3) is 0.250. The Kier molecular flexibility index (Phi) is 7.05. The minimum Gasteiger partial charge on any atom is -0.506 e. The Labute approximate surface area is 187 Å². The lowest BCUT2D eigenvalue weighted by molar-refractivity contribution is 0.460. The lowest BCUT2D eigenvalue weighted by Gasteiger charge is -2.23. The lowest BCUT2D eigenvalue weighted by Crippen LogP contribution is -2.26. The maximum Gasteiger partial charge on any atom is 0.139 e. The average Bonchev–Trinajstić information content (AvgIpc) is 2.80. The van der Waals surface area contributed by atoms with Gasteiger partial charge in [-0.2, -0.15) is 0 Å². The summed E-state index contributed by atoms with van der Waals surface area (Å²) in [5.74, 6) is 0.816. The maximum atomic E-state index is 10.0. The van der Waals surface area contributed by atoms with Crippen LogP contribution in [0.4, 0.5) is 11.4 Å². The predicted molar refractivity (Wildman–Crippen MR) is 128 cm³/mol. The van der Waals surface area contributed by atoms with Crippen LogP contribution in [0.5, 0.6) is 5.75 Å². The zero-order chi connectivity index (χ0) is 20.8. The summed E-state index contributed by atoms with van der Waals surface area (Å²) in [6, 6.07) is 22.4. The number of halogens is 1. The third-order valence-corrected chi connectivity index (χ3v) is 6.57. The summed E-state index contributed by atoms with van der Waals surface area (Å²) < 4.78 is 3.42. The highest BCUT2D eigenvalue weighted by Crippen LogP contribution is 2.29. The second-order valence-corrected chi connectivity index (χ2v) is 8.76. The number of aromatic hydroxyl groups is 1. The predicted octanol–water partition coefficient (Wildman–Crippen LogP) is 6.24. The number of nitrogens with one attached hydrogen (secondary N) is 3. The van der Waals surface area contributed by atoms with Gasteiger partial charge in [0, 0.05) is 28.4 Å². The molecule has 1 heterocycles. The Morgan fingerprint density at radius 1 is 0.933 bits per heavy atom. The third-order valence-electron chi connectivity index (χ3n) is 5.42. The topological polar surface area (TPSA) is 56.3 Å². The number of piperidine rings is 1. The molecule has 0 aromatic heterocycles. The molecule has 1 aliphatic heterocycles. The van der Waals surface area contributed by atoms with Crippen molar-refractivity contribution in [2.24, 2.45) is 0 Å². The molecule has 6 heteroatoms. The van der Waals surface area contributed by atoms with Crippen LogP contribution in [0.1, 0.15) is 29.9 Å². The molecule has 0 aliphatic carbocycles. The molecule has 1 fully saturated rings. The number of para-hydroxylation sites is 1. The largest absolute Gasteiger partial charge is 0.506 e. The maximum absolute atomic E-state index is 10.0. The highest BCUT2D eigenvalue weighted by Gasteiger charge is 2.14. The summed E-state index contributed by atoms with van der Waals surface area (Å²) in [5.41, 5.74) is 4.31. The van der Waals surface area contributed by atoms with Gasteiger partial charge in [-0.25, -0.2) is 0 Å². The van der Waals surface area contributed by atoms with Crippen molar-refractivity contribution in [3.05, 3.63) is 82.9 Å². The highest BCUT2D eigenvalue weighted by molar-refractivity contribution is 8.00. The number of hydrogen-bond donors (Lipinski definition) is 4. The van der Waals surface area contributed by atoms with Crippen LogP contribution < -0.4 is 15.4 Å². The summed E-state index contributed by atoms with van der Waals surface area (Å²) in [7, 11) is 0. The molecule has 0 radical (unpaired) electrons. The Balaban J connectivity index is 1.28. The molecule has 1 aliphatic rings. The van der Waals surface area contributed by atoms with Gasteiger partial charge in [-0.15, -0.1) is 0 Å². The molecule has 1 saturated heterocycles. The number of phenolic OH excluding ortho intramolecular Hbond substituents is 1. The molecule has 3 aromatic rings. The molecule has 4 rings (SSSR count). The standard InChI is InChI=1S/C24H26ClN3OS/c25-23-3-1-2-19(24(23)29)16-27-20-8-10-22(11-9-20)30-28-21-6-4-17(5-7-21)18-12-14-26-15-13-18/h1-11,18,26-29H,12-16H2. The van der Waals surface area contributed by atoms with Crippen molar-refractivity contribution < 1.29 is 5.11 Å². The van der Waals surface area contributed by atoms with Crippen LogP contribution in [-0.4, -0.2) is 18.2 Å². The number of hydrogen-bond acceptors (Lipinski definition) is 5. The zero-order valence-electron chi connectivity index (χ0n) is 16.7. The molecule has 0 spiro atoms. The average molecular weight is 440 g/mol. The molecule has 0 bridgehead atoms. The fourth-order valence-electron chi connectivity index (χ4n) is 3.64. The number of phenols is 1. The highest BCUT2D eigenvalue weighted by atomic mass is 35.5. The normalized spacial score (nSPS) is 14.4. The van der Waals surface area contributed by atoms with E-state index < -0.39 is 0 Å². The zero-order valence-corrected chi connectivity index (χ0v) is 18.3. The first kappa shape index (κ1) is 20.9. The van der Waals surface area contributed by atoms with E-state index in [0.29, 0.717) is 17.5 Å². The van der Waals surface area contributed by atoms with Crippen molar-refractivity contribution in [2.75, 3.05) is 23.1 Å². The van der Waals surface area contributed by atoms with E-state index in [-0.39, 0.29) is 5.75 Å². The first-order valence-corrected chi connectivity index (χ1v) is 11.4. The minimum absolute atomic E-state index is 0.134. The first-order valence-electron chi connectivity index (χ1n) is 10.2. The van der Waals surface area contributed by atoms with E-state index in [9.17, 15) is 5.11 Å². The van der Waals surface area contributed by atoms with Crippen LogP contribution in [0.25, 0.3) is 0 Å². The van der Waals surface area contributed by atoms with E-state index in [4.69, 9.17) is 11.6 Å². The quantitative estimate of drug-likeness (QED) is 0.328. The van der Waals surface area contributed by atoms with Gasteiger partial charge in [-0.05, 0) is 91.8 Å². The monoisotopic (exact) mass is 439 g/mol. The first-order chi connectivity index (χ1) is 14.7. The summed E-state index contributed by atoms with van der Waals surface area (Å²) in [6.45, 7) is 2.75. The van der Waals surface area contributed by atoms with Crippen LogP contribution in [0.2, 0.25) is 5.02 Å². The fourth-order valence-corrected chi connectivity index (χ4v) is 4.48. The summed E-state index contributed by atoms with van der Waals surface area (Å²) in [6.07, 6.45) is 2.44. The smallest absolute Gasteiger partial charge is 0.139 e. The van der Waals surface area contributed by atoms with Gasteiger partial charge in [0.25, 0.3) is 0 Å². The molecule has 0 unspecified atom stereocenters. The van der Waals surface area contributed by atoms with Crippen molar-refractivity contribution in [3.8, 4) is 5.75 Å². The molecule has 0 saturated carbocycles. The molecular weight excluding hydrogens is 414 g/mol. The van der Waals surface area contributed by atoms with Crippen LogP contribution in [0, 0.1) is 0 Å². The summed E-state index contributed by atoms with van der Waals surface area (Å²) in [5, 5.41) is 17.1. The molecular formula is C24H26ClN3OS. The van der Waals surface area contributed by atoms with Crippen LogP contribution in [-0.2, 0) is 6.54 Å². The van der Waals surface area contributed by atoms with Crippen LogP contribution in [0.3, 0.4) is 0 Å². The van der Waals surface area contributed by atoms with Gasteiger partial charge >= 0.3 is 0 Å². The van der Waals surface area contributed by atoms with Crippen molar-refractivity contribution in [1.29, 1.82) is 0 Å². The molecule has 3 aromatic carbocycles. The van der Waals surface area contributed by atoms with E-state index >= 15 is 0 Å². The van der Waals surface area contributed by atoms with E-state index in [1.54, 1.807) is 18.0 Å². The Hall–Kier alpha value is -2.34. The SMILES string of the molecule is Oc1c(Cl)cccc1CNc1ccc(SNc2ccc(C3CCNCC3)cc2)cc1. The van der Waals surface area contributed by atoms with Gasteiger partial charge in [-0.1, -0.05) is 35.9 Å². The molecule has 0 atom stereocenters. The van der Waals surface area contributed by atoms with Crippen LogP contribution >= 0.6 is 23.5 Å². The Bertz CT molecular complexity index is 957. The second kappa shape index (κ2) is 10.1. The Morgan fingerprint density at radius 3 is 2.37 bits per heavy atom. The van der Waals surface area contributed by atoms with Crippen molar-refractivity contribution in [2.45, 2.75) is 30.2 Å². The van der Waals surface area contributed by atoms with Gasteiger partial charge < -0.3 is 20.5 Å². The summed E-state index contributed by atoms with van der Waals surface area (Å²) in [4.78, 5) is 1.13. The van der Waals surface area contributed by atoms with E-state index in [0.717, 1.165) is 34.9 Å². The van der Waals surface area contributed by atoms with E-state index in [1.807, 2.05) is 24.3 Å². The molecule has 4 N–H and O–H groups in total. The molecule has 30 heavy (non-hydrogen) atoms. The minimum atomic E-state index is 0.134. The number of rotatable bonds is 7. The van der Waals surface area contributed by atoms with Gasteiger partial charge in [0.1, 0.15) is 5.75 Å². The van der Waals surface area contributed by atoms with Crippen molar-refractivity contribution >= 4 is 34.9 Å². The van der Waals surface area contributed by atoms with E-state index in [1.165, 1.54) is 18.4 Å². The Morgan fingerprint density at radius 2 is 1.63 bits per heavy atom. The summed E-state index contributed by atoms with van der Waals surface area (Å²) >= 11 is 7.56. The van der Waals surface area contributed by atoms with Gasteiger partial charge in [0.2, 0.25) is 0 Å². The number of anilines is 2. The molecule has 0 amide bonds. The second-order valence-electron chi connectivity index (χ2n) is 7.48. The van der Waals surface area contributed by atoms with Gasteiger partial charge in [0.15, 0.2) is 0 Å². The van der Waals surface area contributed by atoms with Crippen molar-refractivity contribution in [1.82, 2.24) is 5.32 Å². The molecule has 156 valence electrons. The van der Waals surface area contributed by atoms with Gasteiger partial charge in [0.05, 0.1) is 5.02 Å².